The fraction of sp³-hybridized carbons (Fsp3) is 0.500. The van der Waals surface area contributed by atoms with Crippen molar-refractivity contribution in [3.63, 3.8) is 0 Å². The van der Waals surface area contributed by atoms with Crippen LogP contribution < -0.4 is 10.1 Å². The van der Waals surface area contributed by atoms with Crippen molar-refractivity contribution in [3.05, 3.63) is 29.3 Å². The molecule has 0 aromatic heterocycles. The summed E-state index contributed by atoms with van der Waals surface area (Å²) in [5, 5.41) is 2.67. The lowest BCUT2D eigenvalue weighted by Crippen LogP contribution is -2.41. The van der Waals surface area contributed by atoms with E-state index in [1.54, 1.807) is 19.1 Å². The van der Waals surface area contributed by atoms with E-state index in [1.807, 2.05) is 13.0 Å². The molecular weight excluding hydrogens is 332 g/mol. The number of aryl methyl sites for hydroxylation is 1. The number of rotatable bonds is 6. The zero-order valence-corrected chi connectivity index (χ0v) is 15.1. The summed E-state index contributed by atoms with van der Waals surface area (Å²) in [6.07, 6.45) is 0. The molecular formula is C16H22N2O5S. The van der Waals surface area contributed by atoms with Gasteiger partial charge in [0.05, 0.1) is 12.9 Å². The van der Waals surface area contributed by atoms with Crippen LogP contribution in [-0.4, -0.2) is 50.4 Å². The van der Waals surface area contributed by atoms with E-state index in [-0.39, 0.29) is 18.1 Å². The molecule has 0 radical (unpaired) electrons. The van der Waals surface area contributed by atoms with Crippen molar-refractivity contribution in [1.82, 2.24) is 10.2 Å². The Hall–Kier alpha value is -2.09. The summed E-state index contributed by atoms with van der Waals surface area (Å²) in [5.74, 6) is -0.272. The Balaban J connectivity index is 2.35. The Morgan fingerprint density at radius 2 is 1.96 bits per heavy atom. The number of methoxy groups -OCH3 is 1. The highest BCUT2D eigenvalue weighted by Crippen LogP contribution is 2.35. The third-order valence-corrected chi connectivity index (χ3v) is 5.92. The Bertz CT molecular complexity index is 775. The van der Waals surface area contributed by atoms with Crippen molar-refractivity contribution >= 4 is 21.8 Å². The van der Waals surface area contributed by atoms with Crippen molar-refractivity contribution in [1.29, 1.82) is 0 Å². The molecule has 1 aliphatic rings. The van der Waals surface area contributed by atoms with Gasteiger partial charge in [-0.25, -0.2) is 13.2 Å². The summed E-state index contributed by atoms with van der Waals surface area (Å²) < 4.78 is 28.6. The summed E-state index contributed by atoms with van der Waals surface area (Å²) in [6.45, 7) is 4.84. The molecule has 0 bridgehead atoms. The standard InChI is InChI=1S/C16H22N2O5S/c1-5-24(21,22)9-8-18-14(19)16(3,17-15(18)20)12-10-11(2)6-7-13(12)23-4/h6-7,10H,5,8-9H2,1-4H3,(H,17,20)/t16-/m0/s1. The van der Waals surface area contributed by atoms with Crippen LogP contribution >= 0.6 is 0 Å². The van der Waals surface area contributed by atoms with Gasteiger partial charge in [0.1, 0.15) is 11.3 Å². The van der Waals surface area contributed by atoms with Crippen LogP contribution in [0.15, 0.2) is 18.2 Å². The second-order valence-corrected chi connectivity index (χ2v) is 8.42. The number of carbonyl (C=O) groups excluding carboxylic acids is 2. The maximum atomic E-state index is 12.8. The lowest BCUT2D eigenvalue weighted by Gasteiger charge is -2.24. The smallest absolute Gasteiger partial charge is 0.325 e. The van der Waals surface area contributed by atoms with Gasteiger partial charge in [-0.1, -0.05) is 18.6 Å². The first kappa shape index (κ1) is 18.3. The average Bonchev–Trinajstić information content (AvgIpc) is 2.76. The molecule has 1 aliphatic heterocycles. The first-order chi connectivity index (χ1) is 11.1. The van der Waals surface area contributed by atoms with Crippen LogP contribution in [0.4, 0.5) is 4.79 Å². The number of hydrogen-bond acceptors (Lipinski definition) is 5. The van der Waals surface area contributed by atoms with Gasteiger partial charge in [0.15, 0.2) is 9.84 Å². The molecule has 1 N–H and O–H groups in total. The van der Waals surface area contributed by atoms with Crippen LogP contribution in [0.3, 0.4) is 0 Å². The predicted octanol–water partition coefficient (Wildman–Crippen LogP) is 1.21. The van der Waals surface area contributed by atoms with E-state index in [9.17, 15) is 18.0 Å². The minimum atomic E-state index is -3.27. The number of nitrogens with zero attached hydrogens (tertiary/aromatic N) is 1. The van der Waals surface area contributed by atoms with Crippen LogP contribution in [0.1, 0.15) is 25.0 Å². The number of nitrogens with one attached hydrogen (secondary N) is 1. The molecule has 1 atom stereocenters. The van der Waals surface area contributed by atoms with Crippen molar-refractivity contribution in [2.75, 3.05) is 25.2 Å². The quantitative estimate of drug-likeness (QED) is 0.775. The number of sulfone groups is 1. The molecule has 7 nitrogen and oxygen atoms in total. The first-order valence-corrected chi connectivity index (χ1v) is 9.46. The first-order valence-electron chi connectivity index (χ1n) is 7.64. The zero-order valence-electron chi connectivity index (χ0n) is 14.3. The SMILES string of the molecule is CCS(=O)(=O)CCN1C(=O)N[C@@](C)(c2cc(C)ccc2OC)C1=O. The van der Waals surface area contributed by atoms with Crippen LogP contribution in [-0.2, 0) is 20.2 Å². The molecule has 1 heterocycles. The van der Waals surface area contributed by atoms with Crippen LogP contribution in [0.2, 0.25) is 0 Å². The fourth-order valence-corrected chi connectivity index (χ4v) is 3.42. The maximum Gasteiger partial charge on any atom is 0.325 e. The summed E-state index contributed by atoms with van der Waals surface area (Å²) in [5.41, 5.74) is 0.176. The molecule has 2 rings (SSSR count). The molecule has 0 saturated carbocycles. The summed E-state index contributed by atoms with van der Waals surface area (Å²) in [4.78, 5) is 26.0. The lowest BCUT2D eigenvalue weighted by molar-refractivity contribution is -0.130. The van der Waals surface area contributed by atoms with Gasteiger partial charge in [-0.3, -0.25) is 9.69 Å². The van der Waals surface area contributed by atoms with E-state index in [0.717, 1.165) is 10.5 Å². The van der Waals surface area contributed by atoms with Crippen LogP contribution in [0.25, 0.3) is 0 Å². The third-order valence-electron chi connectivity index (χ3n) is 4.23. The number of ether oxygens (including phenoxy) is 1. The lowest BCUT2D eigenvalue weighted by atomic mass is 9.90. The van der Waals surface area contributed by atoms with Gasteiger partial charge in [-0.05, 0) is 26.0 Å². The van der Waals surface area contributed by atoms with Gasteiger partial charge in [-0.15, -0.1) is 0 Å². The molecule has 1 aromatic carbocycles. The highest BCUT2D eigenvalue weighted by Gasteiger charge is 2.50. The normalized spacial score (nSPS) is 21.1. The van der Waals surface area contributed by atoms with Gasteiger partial charge in [-0.2, -0.15) is 0 Å². The predicted molar refractivity (Wildman–Crippen MR) is 89.7 cm³/mol. The van der Waals surface area contributed by atoms with E-state index in [0.29, 0.717) is 11.3 Å². The maximum absolute atomic E-state index is 12.8. The summed E-state index contributed by atoms with van der Waals surface area (Å²) in [7, 11) is -1.78. The molecule has 0 spiro atoms. The van der Waals surface area contributed by atoms with Crippen molar-refractivity contribution in [2.24, 2.45) is 0 Å². The van der Waals surface area contributed by atoms with E-state index in [1.165, 1.54) is 14.0 Å². The Morgan fingerprint density at radius 3 is 2.54 bits per heavy atom. The molecule has 24 heavy (non-hydrogen) atoms. The van der Waals surface area contributed by atoms with Gasteiger partial charge < -0.3 is 10.1 Å². The largest absolute Gasteiger partial charge is 0.496 e. The van der Waals surface area contributed by atoms with E-state index < -0.39 is 27.3 Å². The monoisotopic (exact) mass is 354 g/mol. The van der Waals surface area contributed by atoms with Gasteiger partial charge in [0.2, 0.25) is 0 Å². The molecule has 3 amide bonds. The number of hydrogen-bond donors (Lipinski definition) is 1. The number of imide groups is 1. The molecule has 1 fully saturated rings. The Labute approximate surface area is 141 Å². The summed E-state index contributed by atoms with van der Waals surface area (Å²) >= 11 is 0. The van der Waals surface area contributed by atoms with Gasteiger partial charge in [0, 0.05) is 17.9 Å². The van der Waals surface area contributed by atoms with Crippen LogP contribution in [0.5, 0.6) is 5.75 Å². The topological polar surface area (TPSA) is 92.8 Å². The number of amides is 3. The second-order valence-electron chi connectivity index (χ2n) is 5.95. The van der Waals surface area contributed by atoms with Crippen LogP contribution in [0, 0.1) is 6.92 Å². The van der Waals surface area contributed by atoms with E-state index >= 15 is 0 Å². The molecule has 1 aromatic rings. The summed E-state index contributed by atoms with van der Waals surface area (Å²) in [6, 6.07) is 4.76. The highest BCUT2D eigenvalue weighted by molar-refractivity contribution is 7.91. The molecule has 132 valence electrons. The minimum Gasteiger partial charge on any atom is -0.496 e. The van der Waals surface area contributed by atoms with Crippen molar-refractivity contribution in [2.45, 2.75) is 26.3 Å². The molecule has 1 saturated heterocycles. The Kier molecular flexibility index (Phi) is 4.89. The zero-order chi connectivity index (χ0) is 18.1. The minimum absolute atomic E-state index is 0.0282. The highest BCUT2D eigenvalue weighted by atomic mass is 32.2. The molecule has 0 unspecified atom stereocenters. The van der Waals surface area contributed by atoms with E-state index in [4.69, 9.17) is 4.74 Å². The molecule has 0 aliphatic carbocycles. The van der Waals surface area contributed by atoms with Gasteiger partial charge in [0.25, 0.3) is 5.91 Å². The van der Waals surface area contributed by atoms with Crippen molar-refractivity contribution < 1.29 is 22.7 Å². The fourth-order valence-electron chi connectivity index (χ4n) is 2.67. The Morgan fingerprint density at radius 1 is 1.29 bits per heavy atom. The van der Waals surface area contributed by atoms with Gasteiger partial charge >= 0.3 is 6.03 Å². The number of urea groups is 1. The average molecular weight is 354 g/mol. The number of benzene rings is 1. The number of carbonyl (C=O) groups is 2. The molecule has 8 heteroatoms. The second kappa shape index (κ2) is 6.43. The van der Waals surface area contributed by atoms with Crippen molar-refractivity contribution in [3.8, 4) is 5.75 Å². The van der Waals surface area contributed by atoms with E-state index in [2.05, 4.69) is 5.32 Å². The third kappa shape index (κ3) is 3.24.